The second-order valence-electron chi connectivity index (χ2n) is 6.52. The van der Waals surface area contributed by atoms with Gasteiger partial charge in [0.15, 0.2) is 0 Å². The summed E-state index contributed by atoms with van der Waals surface area (Å²) >= 11 is 0. The van der Waals surface area contributed by atoms with Gasteiger partial charge in [-0.15, -0.1) is 0 Å². The highest BCUT2D eigenvalue weighted by Gasteiger charge is 2.52. The number of nitrogens with zero attached hydrogens (tertiary/aromatic N) is 3. The number of nitro groups is 1. The van der Waals surface area contributed by atoms with Crippen LogP contribution < -0.4 is 5.32 Å². The third-order valence-corrected chi connectivity index (χ3v) is 5.15. The van der Waals surface area contributed by atoms with E-state index in [1.807, 2.05) is 0 Å². The Bertz CT molecular complexity index is 801. The second-order valence-corrected chi connectivity index (χ2v) is 6.52. The zero-order valence-corrected chi connectivity index (χ0v) is 13.1. The van der Waals surface area contributed by atoms with Crippen LogP contribution in [0.15, 0.2) is 36.5 Å². The van der Waals surface area contributed by atoms with E-state index >= 15 is 0 Å². The van der Waals surface area contributed by atoms with E-state index in [1.54, 1.807) is 0 Å². The number of aryl methyl sites for hydroxylation is 1. The number of hydrogen-bond acceptors (Lipinski definition) is 4. The first kappa shape index (κ1) is 14.9. The van der Waals surface area contributed by atoms with Gasteiger partial charge < -0.3 is 15.4 Å². The predicted octanol–water partition coefficient (Wildman–Crippen LogP) is 1.88. The van der Waals surface area contributed by atoms with E-state index in [1.165, 1.54) is 34.5 Å². The molecule has 2 aliphatic rings. The van der Waals surface area contributed by atoms with Crippen molar-refractivity contribution in [3.63, 3.8) is 0 Å². The molecule has 3 atom stereocenters. The molecule has 1 aromatic carbocycles. The minimum Gasteiger partial charge on any atom is -0.358 e. The summed E-state index contributed by atoms with van der Waals surface area (Å²) in [7, 11) is 0. The number of carbonyl (C=O) groups excluding carboxylic acids is 1. The molecule has 1 amide bonds. The molecule has 0 aliphatic heterocycles. The summed E-state index contributed by atoms with van der Waals surface area (Å²) in [6, 6.07) is 9.86. The summed E-state index contributed by atoms with van der Waals surface area (Å²) in [4.78, 5) is 22.1. The maximum Gasteiger partial charge on any atom is 0.389 e. The van der Waals surface area contributed by atoms with Crippen LogP contribution in [0.3, 0.4) is 0 Å². The fourth-order valence-corrected chi connectivity index (χ4v) is 3.96. The second kappa shape index (κ2) is 5.74. The van der Waals surface area contributed by atoms with Crippen LogP contribution in [-0.4, -0.2) is 27.2 Å². The van der Waals surface area contributed by atoms with Crippen molar-refractivity contribution in [3.05, 3.63) is 57.8 Å². The summed E-state index contributed by atoms with van der Waals surface area (Å²) in [5, 5.41) is 17.3. The molecule has 1 N–H and O–H groups in total. The van der Waals surface area contributed by atoms with Gasteiger partial charge in [0.2, 0.25) is 5.91 Å². The van der Waals surface area contributed by atoms with Crippen LogP contribution in [0.5, 0.6) is 0 Å². The number of carbonyl (C=O) groups is 1. The van der Waals surface area contributed by atoms with Crippen molar-refractivity contribution in [2.75, 3.05) is 6.54 Å². The number of amides is 1. The standard InChI is InChI=1S/C17H18N4O3/c22-16(10-20-8-7-15(19-20)21(23)24)18-9-14-13-6-5-11-3-1-2-4-12(11)17(13)14/h1-4,7-8,13-14,17H,5-6,9-10H2,(H,18,22). The van der Waals surface area contributed by atoms with Gasteiger partial charge in [0.25, 0.3) is 0 Å². The maximum atomic E-state index is 12.0. The molecule has 124 valence electrons. The Kier molecular flexibility index (Phi) is 3.55. The monoisotopic (exact) mass is 326 g/mol. The Hall–Kier alpha value is -2.70. The maximum absolute atomic E-state index is 12.0. The quantitative estimate of drug-likeness (QED) is 0.671. The van der Waals surface area contributed by atoms with Gasteiger partial charge in [-0.1, -0.05) is 24.3 Å². The first-order valence-electron chi connectivity index (χ1n) is 8.16. The molecule has 7 heteroatoms. The van der Waals surface area contributed by atoms with E-state index < -0.39 is 4.92 Å². The van der Waals surface area contributed by atoms with Crippen LogP contribution in [0.25, 0.3) is 0 Å². The minimum atomic E-state index is -0.569. The number of benzene rings is 1. The Morgan fingerprint density at radius 1 is 1.38 bits per heavy atom. The van der Waals surface area contributed by atoms with E-state index in [4.69, 9.17) is 0 Å². The smallest absolute Gasteiger partial charge is 0.358 e. The first-order chi connectivity index (χ1) is 11.6. The number of aromatic nitrogens is 2. The molecule has 0 radical (unpaired) electrons. The highest BCUT2D eigenvalue weighted by Crippen LogP contribution is 2.59. The van der Waals surface area contributed by atoms with Crippen LogP contribution in [-0.2, 0) is 17.8 Å². The molecule has 0 saturated heterocycles. The van der Waals surface area contributed by atoms with E-state index in [0.29, 0.717) is 24.3 Å². The third kappa shape index (κ3) is 2.66. The van der Waals surface area contributed by atoms with Crippen molar-refractivity contribution in [2.24, 2.45) is 11.8 Å². The molecule has 7 nitrogen and oxygen atoms in total. The van der Waals surface area contributed by atoms with Gasteiger partial charge in [0.05, 0.1) is 17.4 Å². The van der Waals surface area contributed by atoms with E-state index in [9.17, 15) is 14.9 Å². The van der Waals surface area contributed by atoms with E-state index in [0.717, 1.165) is 6.42 Å². The minimum absolute atomic E-state index is 0.00643. The largest absolute Gasteiger partial charge is 0.389 e. The summed E-state index contributed by atoms with van der Waals surface area (Å²) in [6.07, 6.45) is 3.76. The number of rotatable bonds is 5. The van der Waals surface area contributed by atoms with Gasteiger partial charge in [0.1, 0.15) is 6.54 Å². The van der Waals surface area contributed by atoms with Crippen molar-refractivity contribution in [2.45, 2.75) is 25.3 Å². The fourth-order valence-electron chi connectivity index (χ4n) is 3.96. The van der Waals surface area contributed by atoms with Crippen molar-refractivity contribution >= 4 is 11.7 Å². The molecular formula is C17H18N4O3. The summed E-state index contributed by atoms with van der Waals surface area (Å²) in [5.41, 5.74) is 2.88. The Morgan fingerprint density at radius 3 is 3.00 bits per heavy atom. The predicted molar refractivity (Wildman–Crippen MR) is 86.4 cm³/mol. The number of hydrogen-bond donors (Lipinski definition) is 1. The Balaban J connectivity index is 1.32. The molecule has 0 spiro atoms. The van der Waals surface area contributed by atoms with Crippen molar-refractivity contribution in [3.8, 4) is 0 Å². The van der Waals surface area contributed by atoms with Crippen LogP contribution in [0.1, 0.15) is 23.5 Å². The summed E-state index contributed by atoms with van der Waals surface area (Å²) < 4.78 is 1.29. The zero-order valence-electron chi connectivity index (χ0n) is 13.1. The van der Waals surface area contributed by atoms with E-state index in [2.05, 4.69) is 34.7 Å². The average Bonchev–Trinajstić information content (AvgIpc) is 3.10. The molecule has 4 rings (SSSR count). The molecule has 1 aromatic heterocycles. The van der Waals surface area contributed by atoms with Gasteiger partial charge >= 0.3 is 5.82 Å². The lowest BCUT2D eigenvalue weighted by molar-refractivity contribution is -0.389. The Labute approximate surface area is 138 Å². The lowest BCUT2D eigenvalue weighted by Gasteiger charge is -2.13. The van der Waals surface area contributed by atoms with Crippen molar-refractivity contribution in [1.29, 1.82) is 0 Å². The van der Waals surface area contributed by atoms with Gasteiger partial charge in [0, 0.05) is 6.54 Å². The molecule has 1 fully saturated rings. The molecule has 1 heterocycles. The first-order valence-corrected chi connectivity index (χ1v) is 8.16. The summed E-state index contributed by atoms with van der Waals surface area (Å²) in [6.45, 7) is 0.665. The van der Waals surface area contributed by atoms with Crippen LogP contribution in [0.4, 0.5) is 5.82 Å². The molecular weight excluding hydrogens is 308 g/mol. The lowest BCUT2D eigenvalue weighted by atomic mass is 9.92. The molecule has 1 saturated carbocycles. The van der Waals surface area contributed by atoms with Gasteiger partial charge in [-0.2, -0.15) is 4.68 Å². The molecule has 2 aliphatic carbocycles. The lowest BCUT2D eigenvalue weighted by Crippen LogP contribution is -2.30. The van der Waals surface area contributed by atoms with Crippen LogP contribution >= 0.6 is 0 Å². The molecule has 0 bridgehead atoms. The fraction of sp³-hybridized carbons (Fsp3) is 0.412. The zero-order chi connectivity index (χ0) is 16.7. The average molecular weight is 326 g/mol. The third-order valence-electron chi connectivity index (χ3n) is 5.15. The SMILES string of the molecule is O=C(Cn1ccc([N+](=O)[O-])n1)NCC1C2CCc3ccccc3C21. The highest BCUT2D eigenvalue weighted by atomic mass is 16.6. The number of fused-ring (bicyclic) bond motifs is 3. The number of nitrogens with one attached hydrogen (secondary N) is 1. The molecule has 24 heavy (non-hydrogen) atoms. The van der Waals surface area contributed by atoms with Crippen molar-refractivity contribution < 1.29 is 9.72 Å². The van der Waals surface area contributed by atoms with Gasteiger partial charge in [-0.05, 0) is 46.6 Å². The van der Waals surface area contributed by atoms with Crippen LogP contribution in [0, 0.1) is 22.0 Å². The van der Waals surface area contributed by atoms with Crippen molar-refractivity contribution in [1.82, 2.24) is 15.1 Å². The Morgan fingerprint density at radius 2 is 2.21 bits per heavy atom. The molecule has 3 unspecified atom stereocenters. The highest BCUT2D eigenvalue weighted by molar-refractivity contribution is 5.75. The summed E-state index contributed by atoms with van der Waals surface area (Å²) in [5.74, 6) is 1.34. The topological polar surface area (TPSA) is 90.1 Å². The van der Waals surface area contributed by atoms with E-state index in [-0.39, 0.29) is 18.3 Å². The van der Waals surface area contributed by atoms with Crippen LogP contribution in [0.2, 0.25) is 0 Å². The van der Waals surface area contributed by atoms with Gasteiger partial charge in [-0.25, -0.2) is 0 Å². The normalized spacial score (nSPS) is 23.9. The van der Waals surface area contributed by atoms with Gasteiger partial charge in [-0.3, -0.25) is 4.79 Å². The molecule has 2 aromatic rings.